The number of hydrogen-bond acceptors (Lipinski definition) is 1. The highest BCUT2D eigenvalue weighted by molar-refractivity contribution is 6.12. The van der Waals surface area contributed by atoms with E-state index in [2.05, 4.69) is 6.58 Å². The fraction of sp³-hybridized carbons (Fsp3) is 0.250. The summed E-state index contributed by atoms with van der Waals surface area (Å²) in [6, 6.07) is 0. The summed E-state index contributed by atoms with van der Waals surface area (Å²) < 4.78 is 0. The average Bonchev–Trinajstić information content (AvgIpc) is 1.65. The van der Waals surface area contributed by atoms with Crippen LogP contribution in [0.5, 0.6) is 0 Å². The molecule has 0 spiro atoms. The lowest BCUT2D eigenvalue weighted by atomic mass is 9.99. The van der Waals surface area contributed by atoms with Gasteiger partial charge in [-0.2, -0.15) is 0 Å². The Bertz CT molecular complexity index is 67.9. The molecule has 0 bridgehead atoms. The van der Waals surface area contributed by atoms with Crippen molar-refractivity contribution in [1.82, 2.24) is 0 Å². The predicted octanol–water partition coefficient (Wildman–Crippen LogP) is -0.207. The van der Waals surface area contributed by atoms with Crippen molar-refractivity contribution in [2.45, 2.75) is 6.32 Å². The molecule has 1 nitrogen and oxygen atoms in total. The lowest BCUT2D eigenvalue weighted by molar-refractivity contribution is -0.104. The SMILES string of the molecule is BCC(=C)C=O. The van der Waals surface area contributed by atoms with Crippen molar-refractivity contribution in [2.24, 2.45) is 0 Å². The maximum atomic E-state index is 9.64. The molecule has 0 heterocycles. The van der Waals surface area contributed by atoms with Gasteiger partial charge in [0.15, 0.2) is 0 Å². The van der Waals surface area contributed by atoms with E-state index in [1.165, 1.54) is 0 Å². The second-order valence-electron chi connectivity index (χ2n) is 1.13. The van der Waals surface area contributed by atoms with Gasteiger partial charge < -0.3 is 0 Å². The molecule has 0 aliphatic heterocycles. The Labute approximate surface area is 38.5 Å². The molecule has 0 aliphatic carbocycles. The second kappa shape index (κ2) is 2.70. The Morgan fingerprint density at radius 3 is 2.50 bits per heavy atom. The molecule has 0 atom stereocenters. The molecule has 0 saturated carbocycles. The van der Waals surface area contributed by atoms with Crippen molar-refractivity contribution in [1.29, 1.82) is 0 Å². The molecule has 0 unspecified atom stereocenters. The largest absolute Gasteiger partial charge is 0.298 e. The Hall–Kier alpha value is -0.525. The monoisotopic (exact) mass is 82.1 g/mol. The topological polar surface area (TPSA) is 17.1 Å². The zero-order valence-electron chi connectivity index (χ0n) is 3.90. The minimum absolute atomic E-state index is 0.662. The van der Waals surface area contributed by atoms with Gasteiger partial charge in [0.25, 0.3) is 0 Å². The molecule has 0 N–H and O–H groups in total. The average molecular weight is 81.9 g/mol. The molecule has 0 radical (unpaired) electrons. The van der Waals surface area contributed by atoms with Gasteiger partial charge in [0.2, 0.25) is 0 Å². The number of carbonyl (C=O) groups excluding carboxylic acids is 1. The van der Waals surface area contributed by atoms with Crippen molar-refractivity contribution in [2.75, 3.05) is 0 Å². The maximum Gasteiger partial charge on any atom is 0.144 e. The molecule has 0 aromatic rings. The van der Waals surface area contributed by atoms with Gasteiger partial charge in [0.05, 0.1) is 0 Å². The van der Waals surface area contributed by atoms with Crippen LogP contribution < -0.4 is 0 Å². The molecule has 0 aromatic carbocycles. The van der Waals surface area contributed by atoms with Crippen molar-refractivity contribution < 1.29 is 4.79 Å². The first-order chi connectivity index (χ1) is 2.81. The number of aldehydes is 1. The molecule has 0 amide bonds. The molecule has 0 fully saturated rings. The van der Waals surface area contributed by atoms with E-state index in [-0.39, 0.29) is 0 Å². The summed E-state index contributed by atoms with van der Waals surface area (Å²) in [6.07, 6.45) is 1.55. The van der Waals surface area contributed by atoms with Gasteiger partial charge in [-0.3, -0.25) is 4.79 Å². The van der Waals surface area contributed by atoms with Gasteiger partial charge in [0, 0.05) is 0 Å². The van der Waals surface area contributed by atoms with Crippen LogP contribution in [0.15, 0.2) is 12.2 Å². The standard InChI is InChI=1S/C4H7BO/c1-4(2-5)3-6/h3H,1-2,5H2. The summed E-state index contributed by atoms with van der Waals surface area (Å²) in [4.78, 5) is 9.64. The van der Waals surface area contributed by atoms with Crippen LogP contribution in [-0.2, 0) is 4.79 Å². The molecular formula is C4H7BO. The van der Waals surface area contributed by atoms with E-state index in [4.69, 9.17) is 0 Å². The number of allylic oxidation sites excluding steroid dienone is 1. The van der Waals surface area contributed by atoms with Gasteiger partial charge in [-0.25, -0.2) is 0 Å². The smallest absolute Gasteiger partial charge is 0.144 e. The van der Waals surface area contributed by atoms with Crippen LogP contribution in [0.1, 0.15) is 0 Å². The van der Waals surface area contributed by atoms with Crippen LogP contribution in [-0.4, -0.2) is 14.1 Å². The van der Waals surface area contributed by atoms with Crippen LogP contribution in [0.25, 0.3) is 0 Å². The first-order valence-electron chi connectivity index (χ1n) is 1.94. The van der Waals surface area contributed by atoms with E-state index in [0.717, 1.165) is 12.6 Å². The molecule has 0 aliphatic rings. The Kier molecular flexibility index (Phi) is 2.46. The van der Waals surface area contributed by atoms with Crippen molar-refractivity contribution in [3.05, 3.63) is 12.2 Å². The molecular weight excluding hydrogens is 74.9 g/mol. The van der Waals surface area contributed by atoms with Crippen LogP contribution >= 0.6 is 0 Å². The van der Waals surface area contributed by atoms with Crippen LogP contribution in [0, 0.1) is 0 Å². The fourth-order valence-corrected chi connectivity index (χ4v) is 0.0833. The Morgan fingerprint density at radius 2 is 2.50 bits per heavy atom. The molecule has 6 heavy (non-hydrogen) atoms. The Morgan fingerprint density at radius 1 is 2.00 bits per heavy atom. The molecule has 0 saturated heterocycles. The molecule has 32 valence electrons. The van der Waals surface area contributed by atoms with Gasteiger partial charge in [0.1, 0.15) is 14.1 Å². The van der Waals surface area contributed by atoms with E-state index in [0.29, 0.717) is 5.57 Å². The third-order valence-corrected chi connectivity index (χ3v) is 0.621. The highest BCUT2D eigenvalue weighted by atomic mass is 16.1. The van der Waals surface area contributed by atoms with E-state index < -0.39 is 0 Å². The minimum atomic E-state index is 0.662. The van der Waals surface area contributed by atoms with Gasteiger partial charge in [-0.15, -0.1) is 0 Å². The molecule has 2 heteroatoms. The van der Waals surface area contributed by atoms with Gasteiger partial charge >= 0.3 is 0 Å². The third-order valence-electron chi connectivity index (χ3n) is 0.621. The number of rotatable bonds is 2. The van der Waals surface area contributed by atoms with Crippen LogP contribution in [0.2, 0.25) is 6.32 Å². The van der Waals surface area contributed by atoms with E-state index in [9.17, 15) is 4.79 Å². The molecule has 0 rings (SSSR count). The highest BCUT2D eigenvalue weighted by Gasteiger charge is 1.78. The summed E-state index contributed by atoms with van der Waals surface area (Å²) in [5, 5.41) is 0. The second-order valence-corrected chi connectivity index (χ2v) is 1.13. The first-order valence-corrected chi connectivity index (χ1v) is 1.94. The lowest BCUT2D eigenvalue weighted by Gasteiger charge is -1.78. The third kappa shape index (κ3) is 1.76. The van der Waals surface area contributed by atoms with E-state index in [1.807, 2.05) is 7.85 Å². The predicted molar refractivity (Wildman–Crippen MR) is 28.6 cm³/mol. The van der Waals surface area contributed by atoms with Gasteiger partial charge in [-0.05, 0) is 5.57 Å². The van der Waals surface area contributed by atoms with Crippen LogP contribution in [0.3, 0.4) is 0 Å². The van der Waals surface area contributed by atoms with Crippen molar-refractivity contribution in [3.63, 3.8) is 0 Å². The highest BCUT2D eigenvalue weighted by Crippen LogP contribution is 1.84. The minimum Gasteiger partial charge on any atom is -0.298 e. The van der Waals surface area contributed by atoms with Crippen LogP contribution in [0.4, 0.5) is 0 Å². The quantitative estimate of drug-likeness (QED) is 0.256. The summed E-state index contributed by atoms with van der Waals surface area (Å²) in [6.45, 7) is 3.42. The first kappa shape index (κ1) is 5.47. The summed E-state index contributed by atoms with van der Waals surface area (Å²) in [7, 11) is 1.90. The lowest BCUT2D eigenvalue weighted by Crippen LogP contribution is -1.76. The zero-order valence-corrected chi connectivity index (χ0v) is 3.90. The summed E-state index contributed by atoms with van der Waals surface area (Å²) in [5.41, 5.74) is 0.662. The number of carbonyl (C=O) groups is 1. The maximum absolute atomic E-state index is 9.64. The van der Waals surface area contributed by atoms with E-state index in [1.54, 1.807) is 0 Å². The van der Waals surface area contributed by atoms with Gasteiger partial charge in [-0.1, -0.05) is 12.9 Å². The summed E-state index contributed by atoms with van der Waals surface area (Å²) >= 11 is 0. The zero-order chi connectivity index (χ0) is 4.99. The Balaban J connectivity index is 3.23. The molecule has 0 aromatic heterocycles. The van der Waals surface area contributed by atoms with Crippen molar-refractivity contribution >= 4 is 14.1 Å². The number of hydrogen-bond donors (Lipinski definition) is 0. The fourth-order valence-electron chi connectivity index (χ4n) is 0.0833. The van der Waals surface area contributed by atoms with E-state index >= 15 is 0 Å². The normalized spacial score (nSPS) is 7.33. The van der Waals surface area contributed by atoms with Crippen molar-refractivity contribution in [3.8, 4) is 0 Å². The summed E-state index contributed by atoms with van der Waals surface area (Å²) in [5.74, 6) is 0.